The van der Waals surface area contributed by atoms with Crippen molar-refractivity contribution in [2.45, 2.75) is 63.6 Å². The van der Waals surface area contributed by atoms with Crippen molar-refractivity contribution >= 4 is 0 Å². The van der Waals surface area contributed by atoms with Gasteiger partial charge < -0.3 is 10.6 Å². The lowest BCUT2D eigenvalue weighted by molar-refractivity contribution is -0.0706. The molecule has 0 aromatic rings. The van der Waals surface area contributed by atoms with Crippen molar-refractivity contribution < 1.29 is 0 Å². The Balaban J connectivity index is 1.75. The van der Waals surface area contributed by atoms with Gasteiger partial charge in [-0.15, -0.1) is 0 Å². The van der Waals surface area contributed by atoms with Gasteiger partial charge in [-0.2, -0.15) is 0 Å². The molecule has 0 saturated carbocycles. The van der Waals surface area contributed by atoms with E-state index in [1.165, 1.54) is 45.2 Å². The molecule has 0 amide bonds. The zero-order valence-corrected chi connectivity index (χ0v) is 12.6. The zero-order chi connectivity index (χ0) is 13.5. The smallest absolute Gasteiger partial charge is 0.0603 e. The molecule has 4 rings (SSSR count). The molecule has 19 heavy (non-hydrogen) atoms. The maximum atomic E-state index is 6.22. The van der Waals surface area contributed by atoms with Gasteiger partial charge in [0.25, 0.3) is 0 Å². The van der Waals surface area contributed by atoms with Gasteiger partial charge in [-0.25, -0.2) is 10.4 Å². The molecule has 4 heteroatoms. The minimum Gasteiger partial charge on any atom is -0.329 e. The van der Waals surface area contributed by atoms with E-state index in [9.17, 15) is 0 Å². The van der Waals surface area contributed by atoms with Crippen LogP contribution in [0.3, 0.4) is 0 Å². The van der Waals surface area contributed by atoms with Crippen LogP contribution in [-0.4, -0.2) is 53.7 Å². The summed E-state index contributed by atoms with van der Waals surface area (Å²) in [6.45, 7) is 9.18. The van der Waals surface area contributed by atoms with E-state index < -0.39 is 0 Å². The number of nitrogens with two attached hydrogens (primary N) is 1. The average Bonchev–Trinajstić information content (AvgIpc) is 2.44. The highest BCUT2D eigenvalue weighted by atomic mass is 15.6. The van der Waals surface area contributed by atoms with Gasteiger partial charge >= 0.3 is 0 Å². The molecule has 0 spiro atoms. The molecule has 3 unspecified atom stereocenters. The van der Waals surface area contributed by atoms with Crippen LogP contribution in [0.15, 0.2) is 0 Å². The van der Waals surface area contributed by atoms with Crippen molar-refractivity contribution in [3.05, 3.63) is 0 Å². The minimum absolute atomic E-state index is 0.135. The van der Waals surface area contributed by atoms with E-state index in [1.807, 2.05) is 0 Å². The third-order valence-corrected chi connectivity index (χ3v) is 5.78. The third kappa shape index (κ3) is 2.44. The number of nitrogens with zero attached hydrogens (tertiary/aromatic N) is 2. The van der Waals surface area contributed by atoms with Gasteiger partial charge in [-0.3, -0.25) is 0 Å². The van der Waals surface area contributed by atoms with Crippen molar-refractivity contribution in [2.24, 2.45) is 11.7 Å². The van der Waals surface area contributed by atoms with Crippen molar-refractivity contribution in [3.63, 3.8) is 0 Å². The van der Waals surface area contributed by atoms with Gasteiger partial charge in [-0.1, -0.05) is 6.42 Å². The van der Waals surface area contributed by atoms with E-state index in [-0.39, 0.29) is 5.54 Å². The summed E-state index contributed by atoms with van der Waals surface area (Å²) in [5.41, 5.74) is 10.3. The summed E-state index contributed by atoms with van der Waals surface area (Å²) in [6, 6.07) is 1.28. The molecule has 4 nitrogen and oxygen atoms in total. The fourth-order valence-electron chi connectivity index (χ4n) is 4.47. The fourth-order valence-corrected chi connectivity index (χ4v) is 4.47. The lowest BCUT2D eigenvalue weighted by Gasteiger charge is -2.56. The molecule has 4 saturated heterocycles. The van der Waals surface area contributed by atoms with Gasteiger partial charge in [-0.05, 0) is 58.5 Å². The quantitative estimate of drug-likeness (QED) is 0.805. The highest BCUT2D eigenvalue weighted by Gasteiger charge is 2.47. The second-order valence-corrected chi connectivity index (χ2v) is 7.06. The maximum Gasteiger partial charge on any atom is 0.0603 e. The largest absolute Gasteiger partial charge is 0.329 e. The summed E-state index contributed by atoms with van der Waals surface area (Å²) >= 11 is 0. The molecule has 3 atom stereocenters. The lowest BCUT2D eigenvalue weighted by Crippen LogP contribution is -2.74. The molecule has 3 N–H and O–H groups in total. The van der Waals surface area contributed by atoms with Crippen molar-refractivity contribution in [1.29, 1.82) is 0 Å². The average molecular weight is 266 g/mol. The molecule has 4 heterocycles. The van der Waals surface area contributed by atoms with Crippen LogP contribution in [0.4, 0.5) is 0 Å². The number of hydrogen-bond acceptors (Lipinski definition) is 4. The Hall–Kier alpha value is -0.160. The summed E-state index contributed by atoms with van der Waals surface area (Å²) < 4.78 is 0. The Morgan fingerprint density at radius 1 is 1.11 bits per heavy atom. The predicted molar refractivity (Wildman–Crippen MR) is 78.7 cm³/mol. The topological polar surface area (TPSA) is 44.5 Å². The Bertz CT molecular complexity index is 303. The van der Waals surface area contributed by atoms with Crippen molar-refractivity contribution in [2.75, 3.05) is 26.2 Å². The molecular weight excluding hydrogens is 236 g/mol. The molecule has 0 aromatic carbocycles. The fraction of sp³-hybridized carbons (Fsp3) is 1.00. The molecular formula is C15H30N4. The van der Waals surface area contributed by atoms with Crippen molar-refractivity contribution in [1.82, 2.24) is 15.3 Å². The first-order chi connectivity index (χ1) is 9.14. The van der Waals surface area contributed by atoms with Crippen LogP contribution in [-0.2, 0) is 0 Å². The van der Waals surface area contributed by atoms with Gasteiger partial charge in [0.05, 0.1) is 5.54 Å². The summed E-state index contributed by atoms with van der Waals surface area (Å²) in [6.07, 6.45) is 6.63. The molecule has 2 bridgehead atoms. The molecule has 4 aliphatic rings. The molecule has 4 aliphatic heterocycles. The van der Waals surface area contributed by atoms with Crippen LogP contribution in [0, 0.1) is 5.92 Å². The predicted octanol–water partition coefficient (Wildman–Crippen LogP) is 1.18. The van der Waals surface area contributed by atoms with E-state index >= 15 is 0 Å². The van der Waals surface area contributed by atoms with Crippen LogP contribution in [0.2, 0.25) is 0 Å². The van der Waals surface area contributed by atoms with E-state index in [0.29, 0.717) is 12.1 Å². The van der Waals surface area contributed by atoms with E-state index in [0.717, 1.165) is 19.0 Å². The number of hydrogen-bond donors (Lipinski definition) is 2. The van der Waals surface area contributed by atoms with Crippen molar-refractivity contribution in [3.8, 4) is 0 Å². The van der Waals surface area contributed by atoms with E-state index in [4.69, 9.17) is 5.73 Å². The SMILES string of the molecule is CC1CCCC(C)N1NC1(CN)CN2CCC1CC2. The van der Waals surface area contributed by atoms with Crippen LogP contribution in [0.25, 0.3) is 0 Å². The Labute approximate surface area is 117 Å². The third-order valence-electron chi connectivity index (χ3n) is 5.78. The number of hydrazine groups is 1. The summed E-state index contributed by atoms with van der Waals surface area (Å²) in [5, 5.41) is 2.53. The highest BCUT2D eigenvalue weighted by molar-refractivity contribution is 5.05. The first kappa shape index (κ1) is 13.8. The first-order valence-corrected chi connectivity index (χ1v) is 8.13. The second kappa shape index (κ2) is 5.32. The van der Waals surface area contributed by atoms with Gasteiger partial charge in [0.15, 0.2) is 0 Å². The number of nitrogens with one attached hydrogen (secondary N) is 1. The van der Waals surface area contributed by atoms with E-state index in [1.54, 1.807) is 0 Å². The Kier molecular flexibility index (Phi) is 3.87. The number of rotatable bonds is 3. The minimum atomic E-state index is 0.135. The molecule has 0 aliphatic carbocycles. The molecule has 4 fully saturated rings. The molecule has 0 aromatic heterocycles. The van der Waals surface area contributed by atoms with Gasteiger partial charge in [0.1, 0.15) is 0 Å². The first-order valence-electron chi connectivity index (χ1n) is 8.13. The number of piperidine rings is 4. The monoisotopic (exact) mass is 266 g/mol. The normalized spacial score (nSPS) is 47.5. The lowest BCUT2D eigenvalue weighted by atomic mass is 9.73. The Morgan fingerprint density at radius 3 is 2.21 bits per heavy atom. The van der Waals surface area contributed by atoms with Gasteiger partial charge in [0, 0.05) is 25.2 Å². The second-order valence-electron chi connectivity index (χ2n) is 7.06. The Morgan fingerprint density at radius 2 is 1.74 bits per heavy atom. The highest BCUT2D eigenvalue weighted by Crippen LogP contribution is 2.36. The number of fused-ring (bicyclic) bond motifs is 3. The summed E-state index contributed by atoms with van der Waals surface area (Å²) in [5.74, 6) is 0.767. The van der Waals surface area contributed by atoms with Crippen LogP contribution >= 0.6 is 0 Å². The summed E-state index contributed by atoms with van der Waals surface area (Å²) in [4.78, 5) is 2.60. The summed E-state index contributed by atoms with van der Waals surface area (Å²) in [7, 11) is 0. The van der Waals surface area contributed by atoms with Crippen LogP contribution in [0.1, 0.15) is 46.0 Å². The van der Waals surface area contributed by atoms with Crippen LogP contribution < -0.4 is 11.2 Å². The standard InChI is InChI=1S/C15H30N4/c1-12-4-3-5-13(2)19(12)17-15(10-16)11-18-8-6-14(15)7-9-18/h12-14,17H,3-11,16H2,1-2H3. The molecule has 110 valence electrons. The zero-order valence-electron chi connectivity index (χ0n) is 12.6. The molecule has 0 radical (unpaired) electrons. The van der Waals surface area contributed by atoms with Crippen LogP contribution in [0.5, 0.6) is 0 Å². The van der Waals surface area contributed by atoms with Gasteiger partial charge in [0.2, 0.25) is 0 Å². The van der Waals surface area contributed by atoms with E-state index in [2.05, 4.69) is 29.2 Å². The maximum absolute atomic E-state index is 6.22.